The molecule has 0 aromatic heterocycles. The van der Waals surface area contributed by atoms with Gasteiger partial charge in [0, 0.05) is 19.9 Å². The number of amides is 2. The Balaban J connectivity index is 3.11. The molecule has 2 amide bonds. The molecule has 0 aliphatic rings. The first-order valence-electron chi connectivity index (χ1n) is 4.15. The highest BCUT2D eigenvalue weighted by Crippen LogP contribution is 2.01. The van der Waals surface area contributed by atoms with Gasteiger partial charge in [0.25, 0.3) is 0 Å². The number of carbonyl (C=O) groups excluding carboxylic acids is 2. The van der Waals surface area contributed by atoms with Gasteiger partial charge in [-0.1, -0.05) is 6.42 Å². The van der Waals surface area contributed by atoms with Crippen molar-refractivity contribution in [2.24, 2.45) is 5.73 Å². The van der Waals surface area contributed by atoms with Crippen LogP contribution in [0.4, 0.5) is 0 Å². The summed E-state index contributed by atoms with van der Waals surface area (Å²) in [6.07, 6.45) is 3.46. The predicted octanol–water partition coefficient (Wildman–Crippen LogP) is 0.168. The van der Waals surface area contributed by atoms with E-state index >= 15 is 0 Å². The van der Waals surface area contributed by atoms with Crippen molar-refractivity contribution in [3.8, 4) is 0 Å². The van der Waals surface area contributed by atoms with Gasteiger partial charge in [0.15, 0.2) is 0 Å². The minimum Gasteiger partial charge on any atom is -0.370 e. The van der Waals surface area contributed by atoms with Crippen molar-refractivity contribution < 1.29 is 9.59 Å². The molecule has 0 bridgehead atoms. The Bertz CT molecular complexity index is 157. The summed E-state index contributed by atoms with van der Waals surface area (Å²) in [7, 11) is 1.62. The van der Waals surface area contributed by atoms with E-state index in [0.29, 0.717) is 12.8 Å². The highest BCUT2D eigenvalue weighted by Gasteiger charge is 1.98. The van der Waals surface area contributed by atoms with Crippen LogP contribution in [0.1, 0.15) is 32.1 Å². The van der Waals surface area contributed by atoms with Gasteiger partial charge in [-0.15, -0.1) is 0 Å². The first-order chi connectivity index (χ1) is 5.66. The third kappa shape index (κ3) is 7.05. The van der Waals surface area contributed by atoms with Crippen LogP contribution in [0.15, 0.2) is 0 Å². The zero-order valence-electron chi connectivity index (χ0n) is 7.43. The molecule has 3 N–H and O–H groups in total. The van der Waals surface area contributed by atoms with Crippen LogP contribution in [0.2, 0.25) is 0 Å². The molecule has 70 valence electrons. The summed E-state index contributed by atoms with van der Waals surface area (Å²) >= 11 is 0. The molecule has 0 spiro atoms. The van der Waals surface area contributed by atoms with E-state index in [1.807, 2.05) is 0 Å². The number of hydrogen-bond acceptors (Lipinski definition) is 2. The molecule has 0 aliphatic heterocycles. The van der Waals surface area contributed by atoms with E-state index in [1.54, 1.807) is 7.05 Å². The number of carbonyl (C=O) groups is 2. The first-order valence-corrected chi connectivity index (χ1v) is 4.15. The maximum Gasteiger partial charge on any atom is 0.219 e. The number of hydrogen-bond donors (Lipinski definition) is 2. The predicted molar refractivity (Wildman–Crippen MR) is 46.3 cm³/mol. The Labute approximate surface area is 72.5 Å². The van der Waals surface area contributed by atoms with Crippen LogP contribution < -0.4 is 11.1 Å². The second-order valence-corrected chi connectivity index (χ2v) is 2.70. The fourth-order valence-corrected chi connectivity index (χ4v) is 0.887. The minimum absolute atomic E-state index is 0.0501. The third-order valence-corrected chi connectivity index (χ3v) is 1.61. The summed E-state index contributed by atoms with van der Waals surface area (Å²) in [5.41, 5.74) is 4.94. The van der Waals surface area contributed by atoms with E-state index in [-0.39, 0.29) is 11.8 Å². The lowest BCUT2D eigenvalue weighted by molar-refractivity contribution is -0.120. The topological polar surface area (TPSA) is 72.2 Å². The molecular formula is C8H16N2O2. The lowest BCUT2D eigenvalue weighted by atomic mass is 10.1. The Morgan fingerprint density at radius 3 is 2.25 bits per heavy atom. The van der Waals surface area contributed by atoms with Gasteiger partial charge in [0.1, 0.15) is 0 Å². The molecule has 0 saturated heterocycles. The van der Waals surface area contributed by atoms with E-state index < -0.39 is 0 Å². The average molecular weight is 172 g/mol. The molecule has 0 saturated carbocycles. The van der Waals surface area contributed by atoms with E-state index in [9.17, 15) is 9.59 Å². The Hall–Kier alpha value is -1.06. The molecule has 4 heteroatoms. The van der Waals surface area contributed by atoms with Crippen LogP contribution >= 0.6 is 0 Å². The maximum atomic E-state index is 10.7. The fraction of sp³-hybridized carbons (Fsp3) is 0.750. The highest BCUT2D eigenvalue weighted by atomic mass is 16.1. The van der Waals surface area contributed by atoms with Crippen LogP contribution in [0.25, 0.3) is 0 Å². The van der Waals surface area contributed by atoms with Crippen molar-refractivity contribution in [2.45, 2.75) is 32.1 Å². The third-order valence-electron chi connectivity index (χ3n) is 1.61. The molecule has 0 aromatic carbocycles. The number of unbranched alkanes of at least 4 members (excludes halogenated alkanes) is 2. The van der Waals surface area contributed by atoms with E-state index in [0.717, 1.165) is 19.3 Å². The van der Waals surface area contributed by atoms with Crippen molar-refractivity contribution in [2.75, 3.05) is 7.05 Å². The van der Waals surface area contributed by atoms with E-state index in [4.69, 9.17) is 5.73 Å². The Morgan fingerprint density at radius 2 is 1.75 bits per heavy atom. The molecule has 4 nitrogen and oxygen atoms in total. The molecular weight excluding hydrogens is 156 g/mol. The number of nitrogens with two attached hydrogens (primary N) is 1. The summed E-state index contributed by atoms with van der Waals surface area (Å²) in [4.78, 5) is 21.0. The quantitative estimate of drug-likeness (QED) is 0.560. The van der Waals surface area contributed by atoms with Crippen molar-refractivity contribution in [1.82, 2.24) is 5.32 Å². The average Bonchev–Trinajstić information content (AvgIpc) is 2.03. The van der Waals surface area contributed by atoms with E-state index in [1.165, 1.54) is 0 Å². The summed E-state index contributed by atoms with van der Waals surface area (Å²) in [6, 6.07) is 0. The van der Waals surface area contributed by atoms with Gasteiger partial charge in [-0.2, -0.15) is 0 Å². The molecule has 0 aliphatic carbocycles. The summed E-state index contributed by atoms with van der Waals surface area (Å²) in [5.74, 6) is -0.219. The van der Waals surface area contributed by atoms with Crippen LogP contribution in [-0.2, 0) is 9.59 Å². The van der Waals surface area contributed by atoms with Crippen molar-refractivity contribution in [3.63, 3.8) is 0 Å². The largest absolute Gasteiger partial charge is 0.370 e. The van der Waals surface area contributed by atoms with Crippen molar-refractivity contribution in [1.29, 1.82) is 0 Å². The minimum atomic E-state index is -0.269. The second kappa shape index (κ2) is 6.64. The molecule has 12 heavy (non-hydrogen) atoms. The van der Waals surface area contributed by atoms with Gasteiger partial charge in [-0.05, 0) is 12.8 Å². The van der Waals surface area contributed by atoms with E-state index in [2.05, 4.69) is 5.32 Å². The highest BCUT2D eigenvalue weighted by molar-refractivity contribution is 5.75. The van der Waals surface area contributed by atoms with Gasteiger partial charge in [0.05, 0.1) is 0 Å². The van der Waals surface area contributed by atoms with Gasteiger partial charge in [-0.3, -0.25) is 9.59 Å². The summed E-state index contributed by atoms with van der Waals surface area (Å²) < 4.78 is 0. The Morgan fingerprint density at radius 1 is 1.17 bits per heavy atom. The van der Waals surface area contributed by atoms with Crippen molar-refractivity contribution in [3.05, 3.63) is 0 Å². The van der Waals surface area contributed by atoms with Gasteiger partial charge in [-0.25, -0.2) is 0 Å². The van der Waals surface area contributed by atoms with Crippen LogP contribution in [0, 0.1) is 0 Å². The standard InChI is InChI=1S/C8H16N2O2/c1-10-8(12)6-4-2-3-5-7(9)11/h2-6H2,1H3,(H2,9,11)(H,10,12). The normalized spacial score (nSPS) is 9.42. The second-order valence-electron chi connectivity index (χ2n) is 2.70. The lowest BCUT2D eigenvalue weighted by Gasteiger charge is -1.98. The molecule has 0 heterocycles. The maximum absolute atomic E-state index is 10.7. The van der Waals surface area contributed by atoms with Crippen LogP contribution in [-0.4, -0.2) is 18.9 Å². The first kappa shape index (κ1) is 10.9. The Kier molecular flexibility index (Phi) is 6.05. The van der Waals surface area contributed by atoms with Crippen LogP contribution in [0.5, 0.6) is 0 Å². The van der Waals surface area contributed by atoms with Gasteiger partial charge < -0.3 is 11.1 Å². The molecule has 0 atom stereocenters. The van der Waals surface area contributed by atoms with Gasteiger partial charge >= 0.3 is 0 Å². The smallest absolute Gasteiger partial charge is 0.219 e. The number of nitrogens with one attached hydrogen (secondary N) is 1. The molecule has 0 aromatic rings. The summed E-state index contributed by atoms with van der Waals surface area (Å²) in [5, 5.41) is 2.53. The molecule has 0 radical (unpaired) electrons. The van der Waals surface area contributed by atoms with Crippen LogP contribution in [0.3, 0.4) is 0 Å². The molecule has 0 unspecified atom stereocenters. The van der Waals surface area contributed by atoms with Gasteiger partial charge in [0.2, 0.25) is 11.8 Å². The summed E-state index contributed by atoms with van der Waals surface area (Å²) in [6.45, 7) is 0. The monoisotopic (exact) mass is 172 g/mol. The fourth-order valence-electron chi connectivity index (χ4n) is 0.887. The van der Waals surface area contributed by atoms with Crippen molar-refractivity contribution >= 4 is 11.8 Å². The molecule has 0 rings (SSSR count). The zero-order chi connectivity index (χ0) is 9.40. The number of primary amides is 1. The SMILES string of the molecule is CNC(=O)CCCCCC(N)=O. The zero-order valence-corrected chi connectivity index (χ0v) is 7.43. The lowest BCUT2D eigenvalue weighted by Crippen LogP contribution is -2.17. The number of rotatable bonds is 6. The molecule has 0 fully saturated rings.